The summed E-state index contributed by atoms with van der Waals surface area (Å²) in [5.74, 6) is -0.317. The van der Waals surface area contributed by atoms with Crippen LogP contribution < -0.4 is 5.32 Å². The summed E-state index contributed by atoms with van der Waals surface area (Å²) in [5, 5.41) is 13.6. The van der Waals surface area contributed by atoms with Crippen molar-refractivity contribution in [3.8, 4) is 0 Å². The molecule has 1 aromatic carbocycles. The number of carbonyl (C=O) groups excluding carboxylic acids is 1. The van der Waals surface area contributed by atoms with Crippen molar-refractivity contribution in [1.29, 1.82) is 0 Å². The van der Waals surface area contributed by atoms with E-state index in [1.807, 2.05) is 0 Å². The third-order valence-corrected chi connectivity index (χ3v) is 5.24. The van der Waals surface area contributed by atoms with Crippen LogP contribution in [0.25, 0.3) is 0 Å². The van der Waals surface area contributed by atoms with Crippen molar-refractivity contribution in [3.05, 3.63) is 39.9 Å². The van der Waals surface area contributed by atoms with Crippen molar-refractivity contribution in [2.75, 3.05) is 25.9 Å². The largest absolute Gasteiger partial charge is 0.352 e. The van der Waals surface area contributed by atoms with Crippen LogP contribution in [0, 0.1) is 16.0 Å². The molecule has 1 N–H and O–H groups in total. The molecule has 8 nitrogen and oxygen atoms in total. The number of para-hydroxylation sites is 1. The van der Waals surface area contributed by atoms with Crippen LogP contribution in [0.2, 0.25) is 0 Å². The molecule has 1 aliphatic heterocycles. The summed E-state index contributed by atoms with van der Waals surface area (Å²) in [6, 6.07) is 5.79. The zero-order valence-electron chi connectivity index (χ0n) is 12.8. The van der Waals surface area contributed by atoms with Gasteiger partial charge < -0.3 is 5.32 Å². The molecule has 23 heavy (non-hydrogen) atoms. The lowest BCUT2D eigenvalue weighted by Gasteiger charge is -2.30. The number of carbonyl (C=O) groups is 1. The number of hydrogen-bond donors (Lipinski definition) is 1. The molecule has 1 fully saturated rings. The Balaban J connectivity index is 1.90. The molecular formula is C14H19N3O5S. The molecule has 0 spiro atoms. The summed E-state index contributed by atoms with van der Waals surface area (Å²) >= 11 is 0. The first-order valence-electron chi connectivity index (χ1n) is 7.26. The third kappa shape index (κ3) is 4.49. The molecule has 1 amide bonds. The SMILES string of the molecule is CS(=O)(=O)N1CCC(CNC(=O)c2ccccc2[N+](=O)[O-])CC1. The van der Waals surface area contributed by atoms with Crippen LogP contribution in [0.1, 0.15) is 23.2 Å². The van der Waals surface area contributed by atoms with E-state index in [1.165, 1.54) is 28.8 Å². The van der Waals surface area contributed by atoms with Crippen LogP contribution in [0.4, 0.5) is 5.69 Å². The number of nitrogens with zero attached hydrogens (tertiary/aromatic N) is 2. The van der Waals surface area contributed by atoms with Crippen LogP contribution >= 0.6 is 0 Å². The molecule has 0 bridgehead atoms. The summed E-state index contributed by atoms with van der Waals surface area (Å²) in [4.78, 5) is 22.5. The predicted octanol–water partition coefficient (Wildman–Crippen LogP) is 0.996. The van der Waals surface area contributed by atoms with Crippen LogP contribution in [-0.2, 0) is 10.0 Å². The highest BCUT2D eigenvalue weighted by molar-refractivity contribution is 7.88. The summed E-state index contributed by atoms with van der Waals surface area (Å²) < 4.78 is 24.3. The van der Waals surface area contributed by atoms with E-state index in [0.29, 0.717) is 32.5 Å². The van der Waals surface area contributed by atoms with Crippen LogP contribution in [0.5, 0.6) is 0 Å². The fourth-order valence-electron chi connectivity index (χ4n) is 2.60. The van der Waals surface area contributed by atoms with Crippen molar-refractivity contribution >= 4 is 21.6 Å². The normalized spacial score (nSPS) is 16.9. The zero-order valence-corrected chi connectivity index (χ0v) is 13.6. The van der Waals surface area contributed by atoms with Crippen molar-refractivity contribution < 1.29 is 18.1 Å². The molecule has 1 heterocycles. The number of sulfonamides is 1. The standard InChI is InChI=1S/C14H19N3O5S/c1-23(21,22)16-8-6-11(7-9-16)10-15-14(18)12-4-2-3-5-13(12)17(19)20/h2-5,11H,6-10H2,1H3,(H,15,18). The van der Waals surface area contributed by atoms with Crippen LogP contribution in [0.15, 0.2) is 24.3 Å². The molecule has 0 radical (unpaired) electrons. The maximum Gasteiger partial charge on any atom is 0.282 e. The number of piperidine rings is 1. The van der Waals surface area contributed by atoms with E-state index >= 15 is 0 Å². The molecule has 0 aromatic heterocycles. The summed E-state index contributed by atoms with van der Waals surface area (Å²) in [6.45, 7) is 1.25. The molecular weight excluding hydrogens is 322 g/mol. The van der Waals surface area contributed by atoms with Gasteiger partial charge in [0.25, 0.3) is 11.6 Å². The van der Waals surface area contributed by atoms with Gasteiger partial charge in [0.15, 0.2) is 0 Å². The fraction of sp³-hybridized carbons (Fsp3) is 0.500. The number of nitro groups is 1. The first kappa shape index (κ1) is 17.4. The average Bonchev–Trinajstić information content (AvgIpc) is 2.52. The van der Waals surface area contributed by atoms with E-state index in [4.69, 9.17) is 0 Å². The van der Waals surface area contributed by atoms with Gasteiger partial charge in [-0.3, -0.25) is 14.9 Å². The molecule has 0 aliphatic carbocycles. The number of nitro benzene ring substituents is 1. The van der Waals surface area contributed by atoms with Gasteiger partial charge in [-0.2, -0.15) is 0 Å². The second kappa shape index (κ2) is 7.05. The Hall–Kier alpha value is -2.00. The second-order valence-corrected chi connectivity index (χ2v) is 7.57. The minimum Gasteiger partial charge on any atom is -0.352 e. The van der Waals surface area contributed by atoms with E-state index in [9.17, 15) is 23.3 Å². The molecule has 126 valence electrons. The first-order chi connectivity index (χ1) is 10.8. The van der Waals surface area contributed by atoms with Crippen molar-refractivity contribution in [2.24, 2.45) is 5.92 Å². The highest BCUT2D eigenvalue weighted by Crippen LogP contribution is 2.20. The van der Waals surface area contributed by atoms with E-state index in [2.05, 4.69) is 5.32 Å². The summed E-state index contributed by atoms with van der Waals surface area (Å²) in [5.41, 5.74) is -0.192. The second-order valence-electron chi connectivity index (χ2n) is 5.59. The number of rotatable bonds is 5. The lowest BCUT2D eigenvalue weighted by molar-refractivity contribution is -0.385. The highest BCUT2D eigenvalue weighted by atomic mass is 32.2. The lowest BCUT2D eigenvalue weighted by Crippen LogP contribution is -2.41. The maximum absolute atomic E-state index is 12.1. The molecule has 1 saturated heterocycles. The Morgan fingerprint density at radius 2 is 1.96 bits per heavy atom. The van der Waals surface area contributed by atoms with Crippen LogP contribution in [-0.4, -0.2) is 49.4 Å². The average molecular weight is 341 g/mol. The zero-order chi connectivity index (χ0) is 17.0. The quantitative estimate of drug-likeness (QED) is 0.634. The predicted molar refractivity (Wildman–Crippen MR) is 84.6 cm³/mol. The Bertz CT molecular complexity index is 696. The molecule has 9 heteroatoms. The molecule has 1 aliphatic rings. The Morgan fingerprint density at radius 3 is 2.52 bits per heavy atom. The number of hydrogen-bond acceptors (Lipinski definition) is 5. The maximum atomic E-state index is 12.1. The molecule has 0 unspecified atom stereocenters. The molecule has 0 atom stereocenters. The molecule has 1 aromatic rings. The van der Waals surface area contributed by atoms with E-state index in [1.54, 1.807) is 6.07 Å². The van der Waals surface area contributed by atoms with Gasteiger partial charge in [0, 0.05) is 25.7 Å². The minimum absolute atomic E-state index is 0.0334. The van der Waals surface area contributed by atoms with Gasteiger partial charge in [0.2, 0.25) is 10.0 Å². The Labute approximate surface area is 134 Å². The smallest absolute Gasteiger partial charge is 0.282 e. The minimum atomic E-state index is -3.17. The summed E-state index contributed by atoms with van der Waals surface area (Å²) in [7, 11) is -3.17. The third-order valence-electron chi connectivity index (χ3n) is 3.94. The highest BCUT2D eigenvalue weighted by Gasteiger charge is 2.26. The van der Waals surface area contributed by atoms with Crippen molar-refractivity contribution in [1.82, 2.24) is 9.62 Å². The van der Waals surface area contributed by atoms with Gasteiger partial charge in [-0.1, -0.05) is 12.1 Å². The van der Waals surface area contributed by atoms with E-state index < -0.39 is 20.9 Å². The monoisotopic (exact) mass is 341 g/mol. The Morgan fingerprint density at radius 1 is 1.35 bits per heavy atom. The summed E-state index contributed by atoms with van der Waals surface area (Å²) in [6.07, 6.45) is 2.50. The topological polar surface area (TPSA) is 110 Å². The van der Waals surface area contributed by atoms with E-state index in [-0.39, 0.29) is 17.2 Å². The Kier molecular flexibility index (Phi) is 5.32. The van der Waals surface area contributed by atoms with Crippen LogP contribution in [0.3, 0.4) is 0 Å². The van der Waals surface area contributed by atoms with E-state index in [0.717, 1.165) is 0 Å². The first-order valence-corrected chi connectivity index (χ1v) is 9.10. The molecule has 2 rings (SSSR count). The van der Waals surface area contributed by atoms with Gasteiger partial charge >= 0.3 is 0 Å². The number of benzene rings is 1. The van der Waals surface area contributed by atoms with Gasteiger partial charge in [0.05, 0.1) is 11.2 Å². The lowest BCUT2D eigenvalue weighted by atomic mass is 9.98. The van der Waals surface area contributed by atoms with Crippen molar-refractivity contribution in [3.63, 3.8) is 0 Å². The van der Waals surface area contributed by atoms with Gasteiger partial charge in [0.1, 0.15) is 5.56 Å². The number of nitrogens with one attached hydrogen (secondary N) is 1. The number of amides is 1. The fourth-order valence-corrected chi connectivity index (χ4v) is 3.48. The van der Waals surface area contributed by atoms with Gasteiger partial charge in [-0.25, -0.2) is 12.7 Å². The van der Waals surface area contributed by atoms with Crippen molar-refractivity contribution in [2.45, 2.75) is 12.8 Å². The molecule has 0 saturated carbocycles. The van der Waals surface area contributed by atoms with Gasteiger partial charge in [-0.15, -0.1) is 0 Å². The van der Waals surface area contributed by atoms with Gasteiger partial charge in [-0.05, 0) is 24.8 Å².